The normalized spacial score (nSPS) is 36.6. The van der Waals surface area contributed by atoms with Crippen molar-refractivity contribution in [2.45, 2.75) is 57.2 Å². The Morgan fingerprint density at radius 2 is 1.81 bits per heavy atom. The average molecular weight is 289 g/mol. The molecule has 1 N–H and O–H groups in total. The van der Waals surface area contributed by atoms with Crippen LogP contribution in [-0.2, 0) is 4.74 Å². The van der Waals surface area contributed by atoms with Gasteiger partial charge in [-0.2, -0.15) is 0 Å². The summed E-state index contributed by atoms with van der Waals surface area (Å²) in [6, 6.07) is 8.60. The summed E-state index contributed by atoms with van der Waals surface area (Å²) in [6.45, 7) is 5.44. The van der Waals surface area contributed by atoms with E-state index in [0.29, 0.717) is 6.04 Å². The molecule has 116 valence electrons. The van der Waals surface area contributed by atoms with E-state index in [0.717, 1.165) is 18.3 Å². The molecule has 1 aliphatic heterocycles. The molecule has 2 fully saturated rings. The summed E-state index contributed by atoms with van der Waals surface area (Å²) in [7, 11) is 1.70. The van der Waals surface area contributed by atoms with Gasteiger partial charge in [-0.3, -0.25) is 0 Å². The Morgan fingerprint density at radius 3 is 2.38 bits per heavy atom. The van der Waals surface area contributed by atoms with Crippen LogP contribution in [0, 0.1) is 5.92 Å². The van der Waals surface area contributed by atoms with Crippen molar-refractivity contribution >= 4 is 0 Å². The van der Waals surface area contributed by atoms with Gasteiger partial charge in [0.05, 0.1) is 19.8 Å². The fourth-order valence-corrected chi connectivity index (χ4v) is 3.78. The van der Waals surface area contributed by atoms with Crippen molar-refractivity contribution in [1.29, 1.82) is 0 Å². The molecule has 0 aromatic heterocycles. The maximum Gasteiger partial charge on any atom is 0.118 e. The van der Waals surface area contributed by atoms with Gasteiger partial charge in [-0.25, -0.2) is 0 Å². The van der Waals surface area contributed by atoms with Crippen LogP contribution in [0.1, 0.15) is 51.2 Å². The summed E-state index contributed by atoms with van der Waals surface area (Å²) in [5, 5.41) is 3.87. The van der Waals surface area contributed by atoms with Gasteiger partial charge in [-0.05, 0) is 56.2 Å². The van der Waals surface area contributed by atoms with Gasteiger partial charge in [-0.1, -0.05) is 19.1 Å². The largest absolute Gasteiger partial charge is 0.497 e. The van der Waals surface area contributed by atoms with Gasteiger partial charge in [0.2, 0.25) is 0 Å². The summed E-state index contributed by atoms with van der Waals surface area (Å²) in [4.78, 5) is 0. The monoisotopic (exact) mass is 289 g/mol. The maximum absolute atomic E-state index is 6.28. The lowest BCUT2D eigenvalue weighted by Crippen LogP contribution is -2.60. The summed E-state index contributed by atoms with van der Waals surface area (Å²) in [5.41, 5.74) is 1.45. The molecule has 3 rings (SSSR count). The summed E-state index contributed by atoms with van der Waals surface area (Å²) in [6.07, 6.45) is 5.26. The van der Waals surface area contributed by atoms with Crippen LogP contribution in [0.15, 0.2) is 24.3 Å². The lowest BCUT2D eigenvalue weighted by molar-refractivity contribution is -0.0746. The summed E-state index contributed by atoms with van der Waals surface area (Å²) in [5.74, 6) is 1.76. The predicted octanol–water partition coefficient (Wildman–Crippen LogP) is 3.69. The Bertz CT molecular complexity index is 463. The number of ether oxygens (including phenoxy) is 2. The van der Waals surface area contributed by atoms with E-state index >= 15 is 0 Å². The van der Waals surface area contributed by atoms with Gasteiger partial charge in [-0.15, -0.1) is 0 Å². The van der Waals surface area contributed by atoms with Crippen LogP contribution in [0.25, 0.3) is 0 Å². The van der Waals surface area contributed by atoms with Crippen LogP contribution in [-0.4, -0.2) is 25.3 Å². The second-order valence-corrected chi connectivity index (χ2v) is 6.90. The Kier molecular flexibility index (Phi) is 4.23. The third-order valence-electron chi connectivity index (χ3n) is 5.20. The van der Waals surface area contributed by atoms with Crippen molar-refractivity contribution in [1.82, 2.24) is 5.32 Å². The Morgan fingerprint density at radius 1 is 1.14 bits per heavy atom. The molecule has 1 saturated heterocycles. The molecule has 2 atom stereocenters. The van der Waals surface area contributed by atoms with Gasteiger partial charge in [0, 0.05) is 11.6 Å². The Hall–Kier alpha value is -1.06. The molecular weight excluding hydrogens is 262 g/mol. The van der Waals surface area contributed by atoms with E-state index in [9.17, 15) is 0 Å². The van der Waals surface area contributed by atoms with Gasteiger partial charge in [0.25, 0.3) is 0 Å². The first-order chi connectivity index (χ1) is 10.1. The second kappa shape index (κ2) is 5.98. The highest BCUT2D eigenvalue weighted by molar-refractivity contribution is 5.29. The minimum atomic E-state index is 0.140. The van der Waals surface area contributed by atoms with Crippen molar-refractivity contribution in [2.75, 3.05) is 13.7 Å². The number of morpholine rings is 1. The molecule has 1 aliphatic carbocycles. The van der Waals surface area contributed by atoms with Crippen LogP contribution in [0.5, 0.6) is 5.75 Å². The number of benzene rings is 1. The number of hydrogen-bond acceptors (Lipinski definition) is 3. The quantitative estimate of drug-likeness (QED) is 0.900. The van der Waals surface area contributed by atoms with Crippen molar-refractivity contribution in [2.24, 2.45) is 5.92 Å². The second-order valence-electron chi connectivity index (χ2n) is 6.90. The number of rotatable bonds is 2. The van der Waals surface area contributed by atoms with Gasteiger partial charge in [0.1, 0.15) is 5.75 Å². The van der Waals surface area contributed by atoms with Crippen molar-refractivity contribution in [3.63, 3.8) is 0 Å². The Labute approximate surface area is 128 Å². The lowest BCUT2D eigenvalue weighted by Gasteiger charge is -2.48. The summed E-state index contributed by atoms with van der Waals surface area (Å²) < 4.78 is 11.5. The first-order valence-corrected chi connectivity index (χ1v) is 8.15. The minimum Gasteiger partial charge on any atom is -0.497 e. The van der Waals surface area contributed by atoms with Gasteiger partial charge >= 0.3 is 0 Å². The predicted molar refractivity (Wildman–Crippen MR) is 84.6 cm³/mol. The van der Waals surface area contributed by atoms with Crippen LogP contribution < -0.4 is 10.1 Å². The van der Waals surface area contributed by atoms with Crippen LogP contribution in [0.2, 0.25) is 0 Å². The van der Waals surface area contributed by atoms with Crippen LogP contribution >= 0.6 is 0 Å². The van der Waals surface area contributed by atoms with Crippen molar-refractivity contribution in [3.05, 3.63) is 29.8 Å². The molecule has 1 aromatic carbocycles. The molecule has 3 heteroatoms. The summed E-state index contributed by atoms with van der Waals surface area (Å²) >= 11 is 0. The molecule has 0 bridgehead atoms. The zero-order valence-electron chi connectivity index (χ0n) is 13.4. The zero-order chi connectivity index (χ0) is 14.9. The number of hydrogen-bond donors (Lipinski definition) is 1. The molecule has 3 nitrogen and oxygen atoms in total. The van der Waals surface area contributed by atoms with Crippen LogP contribution in [0.4, 0.5) is 0 Å². The molecule has 1 spiro atoms. The molecule has 2 unspecified atom stereocenters. The van der Waals surface area contributed by atoms with Gasteiger partial charge < -0.3 is 14.8 Å². The molecule has 1 saturated carbocycles. The lowest BCUT2D eigenvalue weighted by atomic mass is 9.76. The Balaban J connectivity index is 1.67. The molecule has 0 radical (unpaired) electrons. The molecular formula is C18H27NO2. The van der Waals surface area contributed by atoms with Gasteiger partial charge in [0.15, 0.2) is 0 Å². The van der Waals surface area contributed by atoms with Crippen molar-refractivity contribution in [3.8, 4) is 5.75 Å². The highest BCUT2D eigenvalue weighted by Crippen LogP contribution is 2.38. The highest BCUT2D eigenvalue weighted by atomic mass is 16.5. The van der Waals surface area contributed by atoms with E-state index < -0.39 is 0 Å². The van der Waals surface area contributed by atoms with E-state index in [1.54, 1.807) is 7.11 Å². The number of methoxy groups -OCH3 is 1. The molecule has 21 heavy (non-hydrogen) atoms. The van der Waals surface area contributed by atoms with E-state index in [2.05, 4.69) is 31.3 Å². The molecule has 1 heterocycles. The van der Waals surface area contributed by atoms with E-state index in [1.807, 2.05) is 12.1 Å². The third-order valence-corrected chi connectivity index (χ3v) is 5.20. The SMILES string of the molecule is COc1ccc(C2OCC3(CCC(C)CC3)NC2C)cc1. The average Bonchev–Trinajstić information content (AvgIpc) is 2.51. The highest BCUT2D eigenvalue weighted by Gasteiger charge is 2.41. The van der Waals surface area contributed by atoms with E-state index in [4.69, 9.17) is 9.47 Å². The standard InChI is InChI=1S/C18H27NO2/c1-13-8-10-18(11-9-13)12-21-17(14(2)19-18)15-4-6-16(20-3)7-5-15/h4-7,13-14,17,19H,8-12H2,1-3H3. The fourth-order valence-electron chi connectivity index (χ4n) is 3.78. The third kappa shape index (κ3) is 3.09. The molecule has 1 aromatic rings. The fraction of sp³-hybridized carbons (Fsp3) is 0.667. The first kappa shape index (κ1) is 14.9. The zero-order valence-corrected chi connectivity index (χ0v) is 13.4. The van der Waals surface area contributed by atoms with E-state index in [1.165, 1.54) is 31.2 Å². The maximum atomic E-state index is 6.28. The molecule has 2 aliphatic rings. The van der Waals surface area contributed by atoms with Crippen molar-refractivity contribution < 1.29 is 9.47 Å². The van der Waals surface area contributed by atoms with E-state index in [-0.39, 0.29) is 11.6 Å². The smallest absolute Gasteiger partial charge is 0.118 e. The van der Waals surface area contributed by atoms with Crippen LogP contribution in [0.3, 0.4) is 0 Å². The molecule has 0 amide bonds. The first-order valence-electron chi connectivity index (χ1n) is 8.15. The minimum absolute atomic E-state index is 0.140. The topological polar surface area (TPSA) is 30.5 Å². The number of nitrogens with one attached hydrogen (secondary N) is 1.